The van der Waals surface area contributed by atoms with E-state index in [4.69, 9.17) is 9.47 Å². The zero-order valence-corrected chi connectivity index (χ0v) is 14.2. The van der Waals surface area contributed by atoms with Crippen LogP contribution in [0.3, 0.4) is 0 Å². The van der Waals surface area contributed by atoms with Crippen molar-refractivity contribution in [2.75, 3.05) is 32.8 Å². The van der Waals surface area contributed by atoms with Gasteiger partial charge in [0.2, 0.25) is 6.10 Å². The molecule has 26 heavy (non-hydrogen) atoms. The van der Waals surface area contributed by atoms with Crippen molar-refractivity contribution in [1.82, 2.24) is 14.8 Å². The van der Waals surface area contributed by atoms with E-state index in [9.17, 15) is 9.59 Å². The molecule has 7 nitrogen and oxygen atoms in total. The Morgan fingerprint density at radius 3 is 2.42 bits per heavy atom. The van der Waals surface area contributed by atoms with Gasteiger partial charge in [0.15, 0.2) is 11.5 Å². The molecule has 3 heterocycles. The molecule has 2 aromatic rings. The molecule has 2 aliphatic rings. The van der Waals surface area contributed by atoms with Crippen LogP contribution in [0, 0.1) is 0 Å². The molecule has 0 bridgehead atoms. The van der Waals surface area contributed by atoms with Crippen LogP contribution in [0.1, 0.15) is 10.4 Å². The molecule has 1 atom stereocenters. The number of carbonyl (C=O) groups is 2. The number of carbonyl (C=O) groups excluding carboxylic acids is 2. The van der Waals surface area contributed by atoms with Crippen molar-refractivity contribution in [2.24, 2.45) is 0 Å². The summed E-state index contributed by atoms with van der Waals surface area (Å²) in [5.74, 6) is 1.08. The van der Waals surface area contributed by atoms with Gasteiger partial charge >= 0.3 is 0 Å². The standard InChI is InChI=1S/C19H19N3O4/c23-18(14-4-3-7-20-12-14)21-8-10-22(11-9-21)19(24)17-13-25-15-5-1-2-6-16(15)26-17/h1-7,12,17H,8-11,13H2. The van der Waals surface area contributed by atoms with Gasteiger partial charge in [0.05, 0.1) is 5.56 Å². The fourth-order valence-corrected chi connectivity index (χ4v) is 3.15. The summed E-state index contributed by atoms with van der Waals surface area (Å²) in [6.07, 6.45) is 2.55. The highest BCUT2D eigenvalue weighted by molar-refractivity contribution is 5.94. The Bertz CT molecular complexity index is 803. The fourth-order valence-electron chi connectivity index (χ4n) is 3.15. The van der Waals surface area contributed by atoms with Gasteiger partial charge in [0, 0.05) is 38.6 Å². The van der Waals surface area contributed by atoms with Crippen LogP contribution in [-0.2, 0) is 4.79 Å². The van der Waals surface area contributed by atoms with Gasteiger partial charge in [-0.1, -0.05) is 12.1 Å². The number of hydrogen-bond donors (Lipinski definition) is 0. The molecule has 0 saturated carbocycles. The van der Waals surface area contributed by atoms with Crippen LogP contribution >= 0.6 is 0 Å². The summed E-state index contributed by atoms with van der Waals surface area (Å²) in [6, 6.07) is 10.8. The van der Waals surface area contributed by atoms with E-state index in [-0.39, 0.29) is 18.4 Å². The number of rotatable bonds is 2. The second-order valence-corrected chi connectivity index (χ2v) is 6.22. The van der Waals surface area contributed by atoms with E-state index >= 15 is 0 Å². The number of amides is 2. The van der Waals surface area contributed by atoms with Gasteiger partial charge in [-0.3, -0.25) is 14.6 Å². The number of nitrogens with zero attached hydrogens (tertiary/aromatic N) is 3. The maximum absolute atomic E-state index is 12.7. The van der Waals surface area contributed by atoms with Gasteiger partial charge in [0.1, 0.15) is 6.61 Å². The van der Waals surface area contributed by atoms with Crippen LogP contribution in [0.4, 0.5) is 0 Å². The molecule has 0 spiro atoms. The van der Waals surface area contributed by atoms with Crippen LogP contribution in [0.25, 0.3) is 0 Å². The molecule has 0 radical (unpaired) electrons. The second kappa shape index (κ2) is 7.03. The SMILES string of the molecule is O=C(c1cccnc1)N1CCN(C(=O)C2COc3ccccc3O2)CC1. The monoisotopic (exact) mass is 353 g/mol. The molecular weight excluding hydrogens is 334 g/mol. The van der Waals surface area contributed by atoms with Gasteiger partial charge in [-0.25, -0.2) is 0 Å². The van der Waals surface area contributed by atoms with Crippen molar-refractivity contribution in [2.45, 2.75) is 6.10 Å². The second-order valence-electron chi connectivity index (χ2n) is 6.22. The normalized spacial score (nSPS) is 19.2. The minimum absolute atomic E-state index is 0.0589. The van der Waals surface area contributed by atoms with Crippen LogP contribution in [0.2, 0.25) is 0 Å². The lowest BCUT2D eigenvalue weighted by atomic mass is 10.2. The maximum atomic E-state index is 12.7. The van der Waals surface area contributed by atoms with Crippen LogP contribution in [-0.4, -0.2) is 65.5 Å². The first-order chi connectivity index (χ1) is 12.7. The van der Waals surface area contributed by atoms with E-state index in [0.717, 1.165) is 0 Å². The van der Waals surface area contributed by atoms with Gasteiger partial charge < -0.3 is 19.3 Å². The van der Waals surface area contributed by atoms with Gasteiger partial charge in [-0.2, -0.15) is 0 Å². The lowest BCUT2D eigenvalue weighted by Crippen LogP contribution is -2.55. The van der Waals surface area contributed by atoms with Crippen molar-refractivity contribution in [3.63, 3.8) is 0 Å². The number of piperazine rings is 1. The first kappa shape index (κ1) is 16.4. The summed E-state index contributed by atoms with van der Waals surface area (Å²) in [4.78, 5) is 32.6. The first-order valence-electron chi connectivity index (χ1n) is 8.59. The van der Waals surface area contributed by atoms with Crippen molar-refractivity contribution in [3.05, 3.63) is 54.4 Å². The molecule has 134 valence electrons. The molecule has 2 amide bonds. The molecule has 1 unspecified atom stereocenters. The minimum atomic E-state index is -0.648. The van der Waals surface area contributed by atoms with Crippen molar-refractivity contribution in [1.29, 1.82) is 0 Å². The van der Waals surface area contributed by atoms with Gasteiger partial charge in [-0.05, 0) is 24.3 Å². The number of para-hydroxylation sites is 2. The smallest absolute Gasteiger partial charge is 0.267 e. The summed E-state index contributed by atoms with van der Waals surface area (Å²) in [5.41, 5.74) is 0.563. The van der Waals surface area contributed by atoms with Gasteiger partial charge in [0.25, 0.3) is 11.8 Å². The Morgan fingerprint density at radius 2 is 1.69 bits per heavy atom. The summed E-state index contributed by atoms with van der Waals surface area (Å²) in [5, 5.41) is 0. The molecular formula is C19H19N3O4. The van der Waals surface area contributed by atoms with Crippen molar-refractivity contribution in [3.8, 4) is 11.5 Å². The van der Waals surface area contributed by atoms with E-state index in [0.29, 0.717) is 43.2 Å². The van der Waals surface area contributed by atoms with E-state index in [1.54, 1.807) is 40.4 Å². The highest BCUT2D eigenvalue weighted by Crippen LogP contribution is 2.31. The van der Waals surface area contributed by atoms with E-state index in [2.05, 4.69) is 4.98 Å². The van der Waals surface area contributed by atoms with Crippen molar-refractivity contribution < 1.29 is 19.1 Å². The zero-order chi connectivity index (χ0) is 17.9. The molecule has 4 rings (SSSR count). The highest BCUT2D eigenvalue weighted by Gasteiger charge is 2.33. The highest BCUT2D eigenvalue weighted by atomic mass is 16.6. The molecule has 1 aromatic heterocycles. The quantitative estimate of drug-likeness (QED) is 0.811. The number of aromatic nitrogens is 1. The average Bonchev–Trinajstić information content (AvgIpc) is 2.73. The molecule has 1 fully saturated rings. The van der Waals surface area contributed by atoms with E-state index in [1.807, 2.05) is 18.2 Å². The summed E-state index contributed by atoms with van der Waals surface area (Å²) < 4.78 is 11.4. The third-order valence-corrected chi connectivity index (χ3v) is 4.57. The van der Waals surface area contributed by atoms with E-state index < -0.39 is 6.10 Å². The minimum Gasteiger partial charge on any atom is -0.485 e. The molecule has 7 heteroatoms. The van der Waals surface area contributed by atoms with Crippen LogP contribution < -0.4 is 9.47 Å². The summed E-state index contributed by atoms with van der Waals surface area (Å²) in [6.45, 7) is 2.14. The predicted octanol–water partition coefficient (Wildman–Crippen LogP) is 1.21. The summed E-state index contributed by atoms with van der Waals surface area (Å²) >= 11 is 0. The maximum Gasteiger partial charge on any atom is 0.267 e. The molecule has 0 N–H and O–H groups in total. The van der Waals surface area contributed by atoms with E-state index in [1.165, 1.54) is 0 Å². The molecule has 1 saturated heterocycles. The largest absolute Gasteiger partial charge is 0.485 e. The van der Waals surface area contributed by atoms with Crippen LogP contribution in [0.15, 0.2) is 48.8 Å². The zero-order valence-electron chi connectivity index (χ0n) is 14.2. The Balaban J connectivity index is 1.35. The molecule has 2 aliphatic heterocycles. The number of fused-ring (bicyclic) bond motifs is 1. The third-order valence-electron chi connectivity index (χ3n) is 4.57. The van der Waals surface area contributed by atoms with Crippen molar-refractivity contribution >= 4 is 11.8 Å². The number of pyridine rings is 1. The number of hydrogen-bond acceptors (Lipinski definition) is 5. The lowest BCUT2D eigenvalue weighted by Gasteiger charge is -2.37. The Morgan fingerprint density at radius 1 is 0.962 bits per heavy atom. The number of benzene rings is 1. The molecule has 0 aliphatic carbocycles. The summed E-state index contributed by atoms with van der Waals surface area (Å²) in [7, 11) is 0. The predicted molar refractivity (Wildman–Crippen MR) is 93.1 cm³/mol. The fraction of sp³-hybridized carbons (Fsp3) is 0.316. The van der Waals surface area contributed by atoms with Gasteiger partial charge in [-0.15, -0.1) is 0 Å². The Hall–Kier alpha value is -3.09. The Kier molecular flexibility index (Phi) is 4.43. The average molecular weight is 353 g/mol. The molecule has 1 aromatic carbocycles. The first-order valence-corrected chi connectivity index (χ1v) is 8.59. The third kappa shape index (κ3) is 3.20. The Labute approximate surface area is 151 Å². The lowest BCUT2D eigenvalue weighted by molar-refractivity contribution is -0.142. The topological polar surface area (TPSA) is 72.0 Å². The number of ether oxygens (including phenoxy) is 2. The van der Waals surface area contributed by atoms with Crippen LogP contribution in [0.5, 0.6) is 11.5 Å².